The molecule has 0 saturated carbocycles. The molecule has 0 radical (unpaired) electrons. The topological polar surface area (TPSA) is 103 Å². The minimum absolute atomic E-state index is 0.00181. The molecule has 0 saturated heterocycles. The number of carbonyl (C=O) groups is 1. The third kappa shape index (κ3) is 6.60. The fourth-order valence-electron chi connectivity index (χ4n) is 2.61. The van der Waals surface area contributed by atoms with E-state index < -0.39 is 0 Å². The lowest BCUT2D eigenvalue weighted by Gasteiger charge is -2.05. The van der Waals surface area contributed by atoms with E-state index in [1.165, 1.54) is 18.3 Å². The number of nitrogens with one attached hydrogen (secondary N) is 1. The molecule has 0 unspecified atom stereocenters. The number of benzene rings is 2. The molecular weight excluding hydrogens is 506 g/mol. The molecule has 8 nitrogen and oxygen atoms in total. The number of thioether (sulfide) groups is 1. The van der Waals surface area contributed by atoms with Gasteiger partial charge in [0.2, 0.25) is 0 Å². The highest BCUT2D eigenvalue weighted by Crippen LogP contribution is 2.28. The van der Waals surface area contributed by atoms with E-state index >= 15 is 0 Å². The van der Waals surface area contributed by atoms with Gasteiger partial charge < -0.3 is 13.6 Å². The predicted molar refractivity (Wildman–Crippen MR) is 126 cm³/mol. The Kier molecular flexibility index (Phi) is 7.84. The summed E-state index contributed by atoms with van der Waals surface area (Å²) >= 11 is 12.9. The molecule has 2 heterocycles. The van der Waals surface area contributed by atoms with E-state index in [9.17, 15) is 9.18 Å². The second-order valence-corrected chi connectivity index (χ2v) is 8.39. The standard InChI is InChI=1S/C22H15Cl2FN4O4S/c23-14-3-7-19(17(24)9-14)31-11-21-28-29-22(33-21)34-12-20(30)27-26-10-16-6-8-18(32-16)13-1-4-15(25)5-2-13/h1-10H,11-12H2,(H,27,30)/b26-10-. The fraction of sp³-hybridized carbons (Fsp3) is 0.0909. The lowest BCUT2D eigenvalue weighted by Crippen LogP contribution is -2.19. The van der Waals surface area contributed by atoms with Gasteiger partial charge in [-0.15, -0.1) is 10.2 Å². The van der Waals surface area contributed by atoms with Crippen molar-refractivity contribution in [2.45, 2.75) is 11.8 Å². The number of ether oxygens (including phenoxy) is 1. The quantitative estimate of drug-likeness (QED) is 0.174. The molecule has 0 aliphatic rings. The lowest BCUT2D eigenvalue weighted by molar-refractivity contribution is -0.118. The van der Waals surface area contributed by atoms with E-state index in [4.69, 9.17) is 36.8 Å². The van der Waals surface area contributed by atoms with Gasteiger partial charge in [-0.1, -0.05) is 35.0 Å². The molecule has 12 heteroatoms. The molecule has 174 valence electrons. The van der Waals surface area contributed by atoms with Crippen molar-refractivity contribution in [1.82, 2.24) is 15.6 Å². The normalized spacial score (nSPS) is 11.1. The molecular formula is C22H15Cl2FN4O4S. The minimum atomic E-state index is -0.379. The van der Waals surface area contributed by atoms with E-state index in [1.807, 2.05) is 0 Å². The van der Waals surface area contributed by atoms with Crippen molar-refractivity contribution in [3.05, 3.63) is 82.1 Å². The number of rotatable bonds is 9. The average molecular weight is 521 g/mol. The van der Waals surface area contributed by atoms with Crippen molar-refractivity contribution in [2.24, 2.45) is 5.10 Å². The van der Waals surface area contributed by atoms with Crippen LogP contribution in [0.4, 0.5) is 4.39 Å². The van der Waals surface area contributed by atoms with Gasteiger partial charge in [-0.3, -0.25) is 4.79 Å². The summed E-state index contributed by atoms with van der Waals surface area (Å²) in [4.78, 5) is 12.0. The maximum Gasteiger partial charge on any atom is 0.277 e. The Morgan fingerprint density at radius 2 is 1.94 bits per heavy atom. The van der Waals surface area contributed by atoms with Crippen molar-refractivity contribution in [3.8, 4) is 17.1 Å². The van der Waals surface area contributed by atoms with Crippen molar-refractivity contribution in [2.75, 3.05) is 5.75 Å². The summed E-state index contributed by atoms with van der Waals surface area (Å²) in [7, 11) is 0. The Labute approximate surface area is 207 Å². The van der Waals surface area contributed by atoms with E-state index in [2.05, 4.69) is 20.7 Å². The van der Waals surface area contributed by atoms with Crippen molar-refractivity contribution in [1.29, 1.82) is 0 Å². The smallest absolute Gasteiger partial charge is 0.277 e. The van der Waals surface area contributed by atoms with Gasteiger partial charge in [0.15, 0.2) is 6.61 Å². The van der Waals surface area contributed by atoms with E-state index in [0.29, 0.717) is 27.3 Å². The van der Waals surface area contributed by atoms with Crippen molar-refractivity contribution >= 4 is 47.1 Å². The molecule has 0 aliphatic heterocycles. The molecule has 1 amide bonds. The SMILES string of the molecule is O=C(CSc1nnc(COc2ccc(Cl)cc2Cl)o1)N/N=C\c1ccc(-c2ccc(F)cc2)o1. The van der Waals surface area contributed by atoms with Gasteiger partial charge in [-0.25, -0.2) is 9.82 Å². The Hall–Kier alpha value is -3.34. The molecule has 0 spiro atoms. The number of furan rings is 1. The Balaban J connectivity index is 1.21. The first-order chi connectivity index (χ1) is 16.5. The van der Waals surface area contributed by atoms with Crippen LogP contribution >= 0.6 is 35.0 Å². The number of hydrogen-bond acceptors (Lipinski definition) is 8. The molecule has 0 aliphatic carbocycles. The molecule has 2 aromatic heterocycles. The fourth-order valence-corrected chi connectivity index (χ4v) is 3.64. The molecule has 1 N–H and O–H groups in total. The summed E-state index contributed by atoms with van der Waals surface area (Å²) in [6.45, 7) is 0.00839. The third-order valence-electron chi connectivity index (χ3n) is 4.16. The van der Waals surface area contributed by atoms with Gasteiger partial charge in [0, 0.05) is 10.6 Å². The largest absolute Gasteiger partial charge is 0.482 e. The highest BCUT2D eigenvalue weighted by atomic mass is 35.5. The minimum Gasteiger partial charge on any atom is -0.482 e. The monoisotopic (exact) mass is 520 g/mol. The van der Waals surface area contributed by atoms with E-state index in [1.54, 1.807) is 42.5 Å². The predicted octanol–water partition coefficient (Wildman–Crippen LogP) is 5.60. The molecule has 0 fully saturated rings. The van der Waals surface area contributed by atoms with Crippen LogP contribution in [0.25, 0.3) is 11.3 Å². The van der Waals surface area contributed by atoms with Crippen LogP contribution in [0, 0.1) is 5.82 Å². The van der Waals surface area contributed by atoms with Crippen LogP contribution in [0.3, 0.4) is 0 Å². The first-order valence-corrected chi connectivity index (χ1v) is 11.4. The Bertz CT molecular complexity index is 1310. The van der Waals surface area contributed by atoms with Crippen LogP contribution in [0.5, 0.6) is 5.75 Å². The number of aromatic nitrogens is 2. The van der Waals surface area contributed by atoms with Crippen LogP contribution in [0.2, 0.25) is 10.0 Å². The summed E-state index contributed by atoms with van der Waals surface area (Å²) in [5.41, 5.74) is 3.11. The number of halogens is 3. The molecule has 0 bridgehead atoms. The molecule has 0 atom stereocenters. The second-order valence-electron chi connectivity index (χ2n) is 6.62. The maximum absolute atomic E-state index is 13.0. The Morgan fingerprint density at radius 3 is 2.74 bits per heavy atom. The van der Waals surface area contributed by atoms with E-state index in [-0.39, 0.29) is 35.2 Å². The van der Waals surface area contributed by atoms with Gasteiger partial charge in [-0.2, -0.15) is 5.10 Å². The van der Waals surface area contributed by atoms with Gasteiger partial charge >= 0.3 is 0 Å². The number of carbonyl (C=O) groups excluding carboxylic acids is 1. The molecule has 2 aromatic carbocycles. The lowest BCUT2D eigenvalue weighted by atomic mass is 10.2. The summed E-state index contributed by atoms with van der Waals surface area (Å²) in [6, 6.07) is 14.2. The van der Waals surface area contributed by atoms with Gasteiger partial charge in [0.25, 0.3) is 17.0 Å². The zero-order valence-corrected chi connectivity index (χ0v) is 19.5. The van der Waals surface area contributed by atoms with E-state index in [0.717, 1.165) is 17.3 Å². The average Bonchev–Trinajstić information content (AvgIpc) is 3.47. The third-order valence-corrected chi connectivity index (χ3v) is 5.51. The Morgan fingerprint density at radius 1 is 1.12 bits per heavy atom. The van der Waals surface area contributed by atoms with Crippen LogP contribution in [-0.2, 0) is 11.4 Å². The maximum atomic E-state index is 13.0. The number of nitrogens with zero attached hydrogens (tertiary/aromatic N) is 3. The summed E-state index contributed by atoms with van der Waals surface area (Å²) < 4.78 is 29.6. The zero-order chi connectivity index (χ0) is 23.9. The second kappa shape index (κ2) is 11.2. The van der Waals surface area contributed by atoms with Crippen LogP contribution in [0.15, 0.2) is 73.8 Å². The first kappa shape index (κ1) is 23.8. The van der Waals surface area contributed by atoms with Gasteiger partial charge in [0.05, 0.1) is 17.0 Å². The van der Waals surface area contributed by atoms with Crippen molar-refractivity contribution < 1.29 is 22.8 Å². The summed E-state index contributed by atoms with van der Waals surface area (Å²) in [5, 5.41) is 12.6. The number of hydrogen-bond donors (Lipinski definition) is 1. The number of hydrazone groups is 1. The van der Waals surface area contributed by atoms with Gasteiger partial charge in [-0.05, 0) is 54.6 Å². The number of amides is 1. The van der Waals surface area contributed by atoms with Crippen LogP contribution < -0.4 is 10.2 Å². The van der Waals surface area contributed by atoms with Crippen molar-refractivity contribution in [3.63, 3.8) is 0 Å². The molecule has 4 rings (SSSR count). The highest BCUT2D eigenvalue weighted by Gasteiger charge is 2.11. The first-order valence-electron chi connectivity index (χ1n) is 9.67. The highest BCUT2D eigenvalue weighted by molar-refractivity contribution is 7.99. The van der Waals surface area contributed by atoms with Crippen LogP contribution in [-0.4, -0.2) is 28.1 Å². The summed E-state index contributed by atoms with van der Waals surface area (Å²) in [5.74, 6) is 0.925. The zero-order valence-electron chi connectivity index (χ0n) is 17.2. The van der Waals surface area contributed by atoms with Crippen LogP contribution in [0.1, 0.15) is 11.7 Å². The summed E-state index contributed by atoms with van der Waals surface area (Å²) in [6.07, 6.45) is 1.36. The van der Waals surface area contributed by atoms with Gasteiger partial charge in [0.1, 0.15) is 23.1 Å². The molecule has 34 heavy (non-hydrogen) atoms. The molecule has 4 aromatic rings.